The lowest BCUT2D eigenvalue weighted by atomic mass is 10.1. The van der Waals surface area contributed by atoms with Gasteiger partial charge in [-0.2, -0.15) is 0 Å². The number of carbonyl (C=O) groups is 1. The molecule has 19 heavy (non-hydrogen) atoms. The molecule has 7 heteroatoms. The van der Waals surface area contributed by atoms with E-state index in [9.17, 15) is 4.79 Å². The molecular formula is C12H5Cl4NO2. The van der Waals surface area contributed by atoms with Crippen LogP contribution >= 0.6 is 46.4 Å². The molecule has 0 atom stereocenters. The molecule has 0 aliphatic rings. The summed E-state index contributed by atoms with van der Waals surface area (Å²) in [4.78, 5) is 14.9. The smallest absolute Gasteiger partial charge is 0.356 e. The van der Waals surface area contributed by atoms with Crippen molar-refractivity contribution in [2.45, 2.75) is 0 Å². The first-order valence-electron chi connectivity index (χ1n) is 4.95. The summed E-state index contributed by atoms with van der Waals surface area (Å²) in [5.74, 6) is -1.23. The summed E-state index contributed by atoms with van der Waals surface area (Å²) in [6.07, 6.45) is 0. The molecule has 3 nitrogen and oxygen atoms in total. The van der Waals surface area contributed by atoms with Crippen molar-refractivity contribution < 1.29 is 9.90 Å². The van der Waals surface area contributed by atoms with Gasteiger partial charge in [0.25, 0.3) is 0 Å². The van der Waals surface area contributed by atoms with Crippen LogP contribution in [0.3, 0.4) is 0 Å². The van der Waals surface area contributed by atoms with Gasteiger partial charge >= 0.3 is 5.97 Å². The third-order valence-corrected chi connectivity index (χ3v) is 3.43. The highest BCUT2D eigenvalue weighted by molar-refractivity contribution is 6.41. The molecule has 0 saturated heterocycles. The first-order chi connectivity index (χ1) is 8.90. The van der Waals surface area contributed by atoms with Gasteiger partial charge in [0, 0.05) is 10.6 Å². The molecule has 0 bridgehead atoms. The number of carboxylic acid groups (broad SMARTS) is 1. The van der Waals surface area contributed by atoms with Gasteiger partial charge in [0.2, 0.25) is 0 Å². The van der Waals surface area contributed by atoms with E-state index in [-0.39, 0.29) is 20.8 Å². The quantitative estimate of drug-likeness (QED) is 0.833. The molecule has 1 aromatic carbocycles. The van der Waals surface area contributed by atoms with Crippen LogP contribution < -0.4 is 0 Å². The van der Waals surface area contributed by atoms with Crippen molar-refractivity contribution in [2.75, 3.05) is 0 Å². The number of nitrogens with zero attached hydrogens (tertiary/aromatic N) is 1. The molecular weight excluding hydrogens is 332 g/mol. The van der Waals surface area contributed by atoms with Crippen LogP contribution in [0.5, 0.6) is 0 Å². The monoisotopic (exact) mass is 335 g/mol. The van der Waals surface area contributed by atoms with Crippen LogP contribution in [0, 0.1) is 0 Å². The number of hydrogen-bond donors (Lipinski definition) is 1. The minimum Gasteiger partial charge on any atom is -0.476 e. The standard InChI is InChI=1S/C12H5Cl4NO2/c13-5-3-7(15)10(8(16)4-5)9-2-1-6(14)11(17-9)12(18)19/h1-4H,(H,18,19). The summed E-state index contributed by atoms with van der Waals surface area (Å²) < 4.78 is 0. The van der Waals surface area contributed by atoms with Gasteiger partial charge in [-0.15, -0.1) is 0 Å². The minimum absolute atomic E-state index is 0.0393. The fourth-order valence-corrected chi connectivity index (χ4v) is 2.71. The van der Waals surface area contributed by atoms with E-state index in [1.807, 2.05) is 0 Å². The molecule has 0 fully saturated rings. The largest absolute Gasteiger partial charge is 0.476 e. The Kier molecular flexibility index (Phi) is 4.21. The lowest BCUT2D eigenvalue weighted by Crippen LogP contribution is -2.02. The van der Waals surface area contributed by atoms with E-state index >= 15 is 0 Å². The van der Waals surface area contributed by atoms with E-state index in [1.165, 1.54) is 24.3 Å². The Balaban J connectivity index is 2.66. The molecule has 0 amide bonds. The van der Waals surface area contributed by atoms with Gasteiger partial charge in [-0.25, -0.2) is 9.78 Å². The lowest BCUT2D eigenvalue weighted by molar-refractivity contribution is 0.0691. The summed E-state index contributed by atoms with van der Waals surface area (Å²) in [6, 6.07) is 5.96. The number of rotatable bonds is 2. The first kappa shape index (κ1) is 14.4. The molecule has 98 valence electrons. The predicted octanol–water partition coefficient (Wildman–Crippen LogP) is 5.06. The fourth-order valence-electron chi connectivity index (χ4n) is 1.52. The predicted molar refractivity (Wildman–Crippen MR) is 76.7 cm³/mol. The summed E-state index contributed by atoms with van der Waals surface area (Å²) in [7, 11) is 0. The van der Waals surface area contributed by atoms with Crippen molar-refractivity contribution in [1.29, 1.82) is 0 Å². The molecule has 2 rings (SSSR count). The highest BCUT2D eigenvalue weighted by Crippen LogP contribution is 2.36. The second-order valence-electron chi connectivity index (χ2n) is 3.58. The van der Waals surface area contributed by atoms with Crippen LogP contribution in [0.25, 0.3) is 11.3 Å². The van der Waals surface area contributed by atoms with Gasteiger partial charge in [0.05, 0.1) is 20.8 Å². The molecule has 1 heterocycles. The molecule has 1 N–H and O–H groups in total. The zero-order valence-electron chi connectivity index (χ0n) is 9.12. The van der Waals surface area contributed by atoms with E-state index < -0.39 is 5.97 Å². The van der Waals surface area contributed by atoms with Gasteiger partial charge in [0.1, 0.15) is 0 Å². The molecule has 0 radical (unpaired) electrons. The van der Waals surface area contributed by atoms with Gasteiger partial charge in [-0.3, -0.25) is 0 Å². The van der Waals surface area contributed by atoms with Crippen LogP contribution in [0.1, 0.15) is 10.5 Å². The summed E-state index contributed by atoms with van der Waals surface area (Å²) in [6.45, 7) is 0. The number of carboxylic acids is 1. The van der Waals surface area contributed by atoms with E-state index in [0.717, 1.165) is 0 Å². The summed E-state index contributed by atoms with van der Waals surface area (Å²) in [5.41, 5.74) is 0.460. The zero-order valence-corrected chi connectivity index (χ0v) is 12.1. The van der Waals surface area contributed by atoms with E-state index in [4.69, 9.17) is 51.5 Å². The molecule has 0 saturated carbocycles. The highest BCUT2D eigenvalue weighted by Gasteiger charge is 2.16. The molecule has 0 aliphatic carbocycles. The summed E-state index contributed by atoms with van der Waals surface area (Å²) in [5, 5.41) is 9.97. The van der Waals surface area contributed by atoms with Crippen LogP contribution in [0.4, 0.5) is 0 Å². The third-order valence-electron chi connectivity index (χ3n) is 2.31. The van der Waals surface area contributed by atoms with Crippen molar-refractivity contribution in [3.8, 4) is 11.3 Å². The number of hydrogen-bond acceptors (Lipinski definition) is 2. The Bertz CT molecular complexity index is 650. The maximum absolute atomic E-state index is 11.0. The second kappa shape index (κ2) is 5.55. The van der Waals surface area contributed by atoms with Crippen LogP contribution in [-0.4, -0.2) is 16.1 Å². The average molecular weight is 337 g/mol. The first-order valence-corrected chi connectivity index (χ1v) is 6.46. The maximum Gasteiger partial charge on any atom is 0.356 e. The average Bonchev–Trinajstić information content (AvgIpc) is 2.29. The van der Waals surface area contributed by atoms with Crippen LogP contribution in [-0.2, 0) is 0 Å². The van der Waals surface area contributed by atoms with Crippen molar-refractivity contribution in [1.82, 2.24) is 4.98 Å². The Labute approximate surface area is 128 Å². The topological polar surface area (TPSA) is 50.2 Å². The SMILES string of the molecule is O=C(O)c1nc(-c2c(Cl)cc(Cl)cc2Cl)ccc1Cl. The normalized spacial score (nSPS) is 10.5. The Hall–Kier alpha value is -1.000. The Morgan fingerprint density at radius 3 is 2.11 bits per heavy atom. The lowest BCUT2D eigenvalue weighted by Gasteiger charge is -2.08. The van der Waals surface area contributed by atoms with Gasteiger partial charge < -0.3 is 5.11 Å². The summed E-state index contributed by atoms with van der Waals surface area (Å²) >= 11 is 23.7. The maximum atomic E-state index is 11.0. The number of halogens is 4. The molecule has 2 aromatic rings. The highest BCUT2D eigenvalue weighted by atomic mass is 35.5. The molecule has 0 unspecified atom stereocenters. The molecule has 0 aliphatic heterocycles. The van der Waals surface area contributed by atoms with E-state index in [2.05, 4.69) is 4.98 Å². The van der Waals surface area contributed by atoms with Crippen LogP contribution in [0.2, 0.25) is 20.1 Å². The minimum atomic E-state index is -1.23. The third kappa shape index (κ3) is 2.95. The van der Waals surface area contributed by atoms with Gasteiger partial charge in [-0.05, 0) is 24.3 Å². The number of aromatic carboxylic acids is 1. The van der Waals surface area contributed by atoms with Crippen molar-refractivity contribution >= 4 is 52.4 Å². The van der Waals surface area contributed by atoms with E-state index in [0.29, 0.717) is 16.3 Å². The Morgan fingerprint density at radius 1 is 1.00 bits per heavy atom. The Morgan fingerprint density at radius 2 is 1.58 bits per heavy atom. The fraction of sp³-hybridized carbons (Fsp3) is 0. The molecule has 1 aromatic heterocycles. The number of benzene rings is 1. The van der Waals surface area contributed by atoms with Gasteiger partial charge in [-0.1, -0.05) is 46.4 Å². The van der Waals surface area contributed by atoms with Crippen LogP contribution in [0.15, 0.2) is 24.3 Å². The van der Waals surface area contributed by atoms with E-state index in [1.54, 1.807) is 0 Å². The zero-order chi connectivity index (χ0) is 14.2. The van der Waals surface area contributed by atoms with Gasteiger partial charge in [0.15, 0.2) is 5.69 Å². The number of pyridine rings is 1. The second-order valence-corrected chi connectivity index (χ2v) is 5.23. The molecule has 0 spiro atoms. The number of aromatic nitrogens is 1. The van der Waals surface area contributed by atoms with Crippen molar-refractivity contribution in [3.05, 3.63) is 50.0 Å². The van der Waals surface area contributed by atoms with Crippen molar-refractivity contribution in [2.24, 2.45) is 0 Å². The van der Waals surface area contributed by atoms with Crippen molar-refractivity contribution in [3.63, 3.8) is 0 Å².